The van der Waals surface area contributed by atoms with Crippen LogP contribution in [0.15, 0.2) is 54.6 Å². The summed E-state index contributed by atoms with van der Waals surface area (Å²) >= 11 is 0. The number of hydrogen-bond acceptors (Lipinski definition) is 9. The fraction of sp³-hybridized carbons (Fsp3) is 0.333. The lowest BCUT2D eigenvalue weighted by Crippen LogP contribution is -2.51. The van der Waals surface area contributed by atoms with Gasteiger partial charge in [-0.3, -0.25) is 4.90 Å². The first kappa shape index (κ1) is 24.3. The number of likely N-dealkylation sites (tertiary alicyclic amines) is 2. The zero-order chi connectivity index (χ0) is 27.5. The summed E-state index contributed by atoms with van der Waals surface area (Å²) in [5, 5.41) is 17.6. The van der Waals surface area contributed by atoms with E-state index in [2.05, 4.69) is 45.5 Å². The number of ether oxygens (including phenoxy) is 4. The predicted molar refractivity (Wildman–Crippen MR) is 144 cm³/mol. The molecule has 0 saturated carbocycles. The number of aromatic nitrogens is 3. The minimum atomic E-state index is -0.211. The van der Waals surface area contributed by atoms with Gasteiger partial charge < -0.3 is 23.8 Å². The lowest BCUT2D eigenvalue weighted by atomic mass is 9.93. The monoisotopic (exact) mass is 550 g/mol. The van der Waals surface area contributed by atoms with Gasteiger partial charge in [-0.05, 0) is 60.0 Å². The highest BCUT2D eigenvalue weighted by Crippen LogP contribution is 2.42. The van der Waals surface area contributed by atoms with E-state index in [0.717, 1.165) is 40.2 Å². The summed E-state index contributed by atoms with van der Waals surface area (Å²) in [5.74, 6) is 1.70. The minimum absolute atomic E-state index is 0.0296. The molecule has 2 atom stereocenters. The second kappa shape index (κ2) is 9.55. The summed E-state index contributed by atoms with van der Waals surface area (Å²) in [4.78, 5) is 18.1. The number of rotatable bonds is 3. The Balaban J connectivity index is 1.12. The van der Waals surface area contributed by atoms with Crippen molar-refractivity contribution in [1.82, 2.24) is 24.8 Å². The molecule has 4 aromatic rings. The van der Waals surface area contributed by atoms with Crippen molar-refractivity contribution in [3.05, 3.63) is 82.4 Å². The Labute approximate surface area is 235 Å². The lowest BCUT2D eigenvalue weighted by Gasteiger charge is -2.39. The fourth-order valence-corrected chi connectivity index (χ4v) is 6.63. The van der Waals surface area contributed by atoms with E-state index in [1.54, 1.807) is 18.2 Å². The average Bonchev–Trinajstić information content (AvgIpc) is 3.75. The third-order valence-corrected chi connectivity index (χ3v) is 8.53. The zero-order valence-corrected chi connectivity index (χ0v) is 22.1. The van der Waals surface area contributed by atoms with Crippen LogP contribution in [0.1, 0.15) is 40.3 Å². The van der Waals surface area contributed by atoms with Gasteiger partial charge in [0, 0.05) is 36.3 Å². The van der Waals surface area contributed by atoms with E-state index in [1.807, 2.05) is 17.0 Å². The molecule has 0 radical (unpaired) electrons. The number of fused-ring (bicyclic) bond motifs is 5. The molecule has 5 heterocycles. The van der Waals surface area contributed by atoms with Crippen LogP contribution < -0.4 is 9.47 Å². The maximum absolute atomic E-state index is 13.7. The molecule has 0 unspecified atom stereocenters. The van der Waals surface area contributed by atoms with Crippen molar-refractivity contribution in [3.8, 4) is 17.6 Å². The van der Waals surface area contributed by atoms with Crippen LogP contribution in [0.4, 0.5) is 4.79 Å². The van der Waals surface area contributed by atoms with Gasteiger partial charge in [0.25, 0.3) is 0 Å². The van der Waals surface area contributed by atoms with Crippen LogP contribution in [0.25, 0.3) is 11.0 Å². The molecule has 11 heteroatoms. The van der Waals surface area contributed by atoms with Crippen LogP contribution in [-0.2, 0) is 22.7 Å². The average molecular weight is 551 g/mol. The number of carbonyl (C=O) groups excluding carboxylic acids is 1. The van der Waals surface area contributed by atoms with Gasteiger partial charge in [-0.15, -0.1) is 5.10 Å². The Morgan fingerprint density at radius 3 is 2.24 bits per heavy atom. The lowest BCUT2D eigenvalue weighted by molar-refractivity contribution is -0.0165. The van der Waals surface area contributed by atoms with E-state index in [0.29, 0.717) is 42.9 Å². The highest BCUT2D eigenvalue weighted by molar-refractivity contribution is 5.88. The second-order valence-corrected chi connectivity index (χ2v) is 10.8. The molecule has 0 aliphatic carbocycles. The molecule has 2 bridgehead atoms. The van der Waals surface area contributed by atoms with Crippen LogP contribution in [0.5, 0.6) is 11.5 Å². The SMILES string of the molecule is N#Cc1ccc2nnn(C(=O)N3C[C@@H]4C[C@H]3CN4C(c3ccc4c(c3)COCO4)c3ccc4c(c3)COCO4)c2c1. The Kier molecular flexibility index (Phi) is 5.67. The zero-order valence-electron chi connectivity index (χ0n) is 22.1. The molecule has 4 aliphatic rings. The first-order valence-electron chi connectivity index (χ1n) is 13.7. The number of piperazine rings is 1. The van der Waals surface area contributed by atoms with Crippen LogP contribution in [0.3, 0.4) is 0 Å². The van der Waals surface area contributed by atoms with E-state index in [-0.39, 0.29) is 37.7 Å². The molecular weight excluding hydrogens is 524 g/mol. The number of amides is 1. The Hall–Kier alpha value is -4.50. The first-order chi connectivity index (χ1) is 20.2. The van der Waals surface area contributed by atoms with Gasteiger partial charge in [0.15, 0.2) is 13.6 Å². The number of nitrogens with zero attached hydrogens (tertiary/aromatic N) is 6. The topological polar surface area (TPSA) is 115 Å². The first-order valence-corrected chi connectivity index (χ1v) is 13.7. The Bertz CT molecular complexity index is 1670. The number of benzene rings is 3. The van der Waals surface area contributed by atoms with E-state index in [4.69, 9.17) is 18.9 Å². The van der Waals surface area contributed by atoms with Crippen molar-refractivity contribution < 1.29 is 23.7 Å². The van der Waals surface area contributed by atoms with Crippen LogP contribution in [0, 0.1) is 11.3 Å². The Morgan fingerprint density at radius 2 is 1.61 bits per heavy atom. The highest BCUT2D eigenvalue weighted by atomic mass is 16.7. The molecule has 2 saturated heterocycles. The molecule has 0 N–H and O–H groups in total. The molecule has 8 rings (SSSR count). The smallest absolute Gasteiger partial charge is 0.347 e. The summed E-state index contributed by atoms with van der Waals surface area (Å²) in [6.45, 7) is 2.84. The van der Waals surface area contributed by atoms with E-state index >= 15 is 0 Å². The van der Waals surface area contributed by atoms with Crippen molar-refractivity contribution in [1.29, 1.82) is 5.26 Å². The van der Waals surface area contributed by atoms with Gasteiger partial charge in [-0.25, -0.2) is 4.79 Å². The van der Waals surface area contributed by atoms with E-state index in [9.17, 15) is 10.1 Å². The molecule has 0 spiro atoms. The fourth-order valence-electron chi connectivity index (χ4n) is 6.63. The van der Waals surface area contributed by atoms with Crippen molar-refractivity contribution in [2.45, 2.75) is 37.8 Å². The van der Waals surface area contributed by atoms with Crippen molar-refractivity contribution in [2.24, 2.45) is 0 Å². The standard InChI is InChI=1S/C30H26N6O5/c31-11-18-1-4-25-26(7-18)36(33-32-25)30(37)35-13-23-10-24(35)12-34(23)29(19-2-5-27-21(8-19)14-38-16-40-27)20-3-6-28-22(9-20)15-39-17-41-28/h1-9,23-24,29H,10,12-17H2/t23-,24-/m0/s1. The Morgan fingerprint density at radius 1 is 0.902 bits per heavy atom. The molecule has 1 aromatic heterocycles. The molecule has 2 fully saturated rings. The molecule has 1 amide bonds. The molecule has 3 aromatic carbocycles. The third-order valence-electron chi connectivity index (χ3n) is 8.53. The summed E-state index contributed by atoms with van der Waals surface area (Å²) in [5.41, 5.74) is 5.94. The van der Waals surface area contributed by atoms with E-state index < -0.39 is 0 Å². The molecule has 11 nitrogen and oxygen atoms in total. The second-order valence-electron chi connectivity index (χ2n) is 10.8. The quantitative estimate of drug-likeness (QED) is 0.378. The van der Waals surface area contributed by atoms with Crippen LogP contribution in [-0.4, -0.2) is 69.6 Å². The van der Waals surface area contributed by atoms with Crippen molar-refractivity contribution in [3.63, 3.8) is 0 Å². The number of nitriles is 1. The molecular formula is C30H26N6O5. The maximum Gasteiger partial charge on any atom is 0.347 e. The van der Waals surface area contributed by atoms with Crippen molar-refractivity contribution in [2.75, 3.05) is 26.7 Å². The van der Waals surface area contributed by atoms with Gasteiger partial charge in [0.05, 0.1) is 30.9 Å². The van der Waals surface area contributed by atoms with Gasteiger partial charge in [-0.2, -0.15) is 9.94 Å². The largest absolute Gasteiger partial charge is 0.467 e. The summed E-state index contributed by atoms with van der Waals surface area (Å²) in [7, 11) is 0. The molecule has 206 valence electrons. The van der Waals surface area contributed by atoms with Crippen LogP contribution in [0.2, 0.25) is 0 Å². The van der Waals surface area contributed by atoms with E-state index in [1.165, 1.54) is 4.68 Å². The molecule has 4 aliphatic heterocycles. The van der Waals surface area contributed by atoms with Gasteiger partial charge >= 0.3 is 6.03 Å². The predicted octanol–water partition coefficient (Wildman–Crippen LogP) is 3.55. The summed E-state index contributed by atoms with van der Waals surface area (Å²) in [6, 6.07) is 19.8. The van der Waals surface area contributed by atoms with Gasteiger partial charge in [0.1, 0.15) is 22.5 Å². The van der Waals surface area contributed by atoms with Crippen molar-refractivity contribution >= 4 is 17.1 Å². The minimum Gasteiger partial charge on any atom is -0.467 e. The van der Waals surface area contributed by atoms with Gasteiger partial charge in [0.2, 0.25) is 0 Å². The highest BCUT2D eigenvalue weighted by Gasteiger charge is 2.48. The van der Waals surface area contributed by atoms with Crippen LogP contribution >= 0.6 is 0 Å². The number of carbonyl (C=O) groups is 1. The summed E-state index contributed by atoms with van der Waals surface area (Å²) in [6.07, 6.45) is 0.868. The van der Waals surface area contributed by atoms with Gasteiger partial charge in [-0.1, -0.05) is 17.3 Å². The number of hydrogen-bond donors (Lipinski definition) is 0. The summed E-state index contributed by atoms with van der Waals surface area (Å²) < 4.78 is 23.8. The normalized spacial score (nSPS) is 21.3. The maximum atomic E-state index is 13.7. The third kappa shape index (κ3) is 4.02. The molecule has 41 heavy (non-hydrogen) atoms.